The first-order chi connectivity index (χ1) is 6.02. The Morgan fingerprint density at radius 2 is 2.00 bits per heavy atom. The number of nitrogens with zero attached hydrogens (tertiary/aromatic N) is 1. The molecule has 0 aliphatic carbocycles. The van der Waals surface area contributed by atoms with E-state index in [9.17, 15) is 0 Å². The van der Waals surface area contributed by atoms with Crippen molar-refractivity contribution in [2.24, 2.45) is 10.6 Å². The number of hydrogen-bond donors (Lipinski definition) is 1. The van der Waals surface area contributed by atoms with Crippen LogP contribution in [-0.2, 0) is 0 Å². The van der Waals surface area contributed by atoms with Crippen LogP contribution in [0.1, 0.15) is 47.0 Å². The minimum absolute atomic E-state index is 0.00925. The van der Waals surface area contributed by atoms with Crippen LogP contribution in [-0.4, -0.2) is 10.9 Å². The van der Waals surface area contributed by atoms with Crippen molar-refractivity contribution in [1.82, 2.24) is 0 Å². The number of oxime groups is 1. The van der Waals surface area contributed by atoms with Crippen LogP contribution in [0.25, 0.3) is 0 Å². The molecule has 0 rings (SSSR count). The van der Waals surface area contributed by atoms with Crippen molar-refractivity contribution >= 4 is 5.71 Å². The van der Waals surface area contributed by atoms with Gasteiger partial charge < -0.3 is 5.21 Å². The highest BCUT2D eigenvalue weighted by Crippen LogP contribution is 2.19. The second-order valence-corrected chi connectivity index (χ2v) is 4.26. The van der Waals surface area contributed by atoms with Crippen LogP contribution < -0.4 is 0 Å². The standard InChI is InChI=1S/C11H21NO/c1-5-6-7-8-9-10(12-13)11(2,3)4/h5-6,13H,7-9H2,1-4H3. The van der Waals surface area contributed by atoms with Crippen molar-refractivity contribution in [3.63, 3.8) is 0 Å². The van der Waals surface area contributed by atoms with Crippen molar-refractivity contribution in [1.29, 1.82) is 0 Å². The summed E-state index contributed by atoms with van der Waals surface area (Å²) in [4.78, 5) is 0. The molecule has 0 atom stereocenters. The first-order valence-corrected chi connectivity index (χ1v) is 4.85. The minimum Gasteiger partial charge on any atom is -0.411 e. The van der Waals surface area contributed by atoms with E-state index in [1.54, 1.807) is 0 Å². The molecule has 0 amide bonds. The predicted molar refractivity (Wildman–Crippen MR) is 57.3 cm³/mol. The first kappa shape index (κ1) is 12.2. The van der Waals surface area contributed by atoms with Crippen LogP contribution in [0.3, 0.4) is 0 Å². The second-order valence-electron chi connectivity index (χ2n) is 4.26. The maximum atomic E-state index is 8.79. The first-order valence-electron chi connectivity index (χ1n) is 4.85. The highest BCUT2D eigenvalue weighted by molar-refractivity contribution is 5.88. The zero-order valence-corrected chi connectivity index (χ0v) is 9.17. The number of allylic oxidation sites excluding steroid dienone is 2. The van der Waals surface area contributed by atoms with Crippen LogP contribution >= 0.6 is 0 Å². The Hall–Kier alpha value is -0.790. The summed E-state index contributed by atoms with van der Waals surface area (Å²) >= 11 is 0. The smallest absolute Gasteiger partial charge is 0.0624 e. The second kappa shape index (κ2) is 5.79. The van der Waals surface area contributed by atoms with Gasteiger partial charge in [0.05, 0.1) is 5.71 Å². The largest absolute Gasteiger partial charge is 0.411 e. The third-order valence-electron chi connectivity index (χ3n) is 2.01. The van der Waals surface area contributed by atoms with Crippen LogP contribution in [0.4, 0.5) is 0 Å². The monoisotopic (exact) mass is 183 g/mol. The molecule has 13 heavy (non-hydrogen) atoms. The average molecular weight is 183 g/mol. The minimum atomic E-state index is -0.00925. The van der Waals surface area contributed by atoms with E-state index in [1.807, 2.05) is 13.0 Å². The van der Waals surface area contributed by atoms with Gasteiger partial charge in [0, 0.05) is 5.41 Å². The summed E-state index contributed by atoms with van der Waals surface area (Å²) in [6.07, 6.45) is 7.18. The van der Waals surface area contributed by atoms with Crippen LogP contribution in [0.2, 0.25) is 0 Å². The lowest BCUT2D eigenvalue weighted by Gasteiger charge is -2.19. The van der Waals surface area contributed by atoms with Crippen LogP contribution in [0, 0.1) is 5.41 Å². The molecule has 0 aromatic carbocycles. The lowest BCUT2D eigenvalue weighted by molar-refractivity contribution is 0.308. The van der Waals surface area contributed by atoms with Crippen molar-refractivity contribution in [3.8, 4) is 0 Å². The zero-order chi connectivity index (χ0) is 10.3. The molecule has 0 aromatic rings. The molecular formula is C11H21NO. The van der Waals surface area contributed by atoms with Crippen molar-refractivity contribution in [2.45, 2.75) is 47.0 Å². The van der Waals surface area contributed by atoms with Gasteiger partial charge >= 0.3 is 0 Å². The Kier molecular flexibility index (Phi) is 5.44. The fourth-order valence-corrected chi connectivity index (χ4v) is 1.13. The van der Waals surface area contributed by atoms with E-state index in [0.29, 0.717) is 0 Å². The molecule has 0 heterocycles. The maximum Gasteiger partial charge on any atom is 0.0624 e. The third-order valence-corrected chi connectivity index (χ3v) is 2.01. The van der Waals surface area contributed by atoms with Gasteiger partial charge in [-0.1, -0.05) is 38.1 Å². The fourth-order valence-electron chi connectivity index (χ4n) is 1.13. The molecular weight excluding hydrogens is 162 g/mol. The molecule has 0 fully saturated rings. The molecule has 2 nitrogen and oxygen atoms in total. The molecule has 2 heteroatoms. The molecule has 0 bridgehead atoms. The van der Waals surface area contributed by atoms with Gasteiger partial charge in [-0.25, -0.2) is 0 Å². The molecule has 1 N–H and O–H groups in total. The van der Waals surface area contributed by atoms with E-state index in [-0.39, 0.29) is 5.41 Å². The molecule has 0 aromatic heterocycles. The van der Waals surface area contributed by atoms with Crippen LogP contribution in [0.15, 0.2) is 17.3 Å². The van der Waals surface area contributed by atoms with Gasteiger partial charge in [0.25, 0.3) is 0 Å². The van der Waals surface area contributed by atoms with Gasteiger partial charge in [0.1, 0.15) is 0 Å². The van der Waals surface area contributed by atoms with E-state index in [4.69, 9.17) is 5.21 Å². The molecule has 0 spiro atoms. The molecule has 0 aliphatic rings. The molecule has 0 unspecified atom stereocenters. The third kappa shape index (κ3) is 5.45. The molecule has 0 saturated heterocycles. The Morgan fingerprint density at radius 3 is 2.38 bits per heavy atom. The quantitative estimate of drug-likeness (QED) is 0.233. The normalized spacial score (nSPS) is 14.0. The topological polar surface area (TPSA) is 32.6 Å². The SMILES string of the molecule is CC=CCCCC(=NO)C(C)(C)C. The van der Waals surface area contributed by atoms with Crippen LogP contribution in [0.5, 0.6) is 0 Å². The predicted octanol–water partition coefficient (Wildman–Crippen LogP) is 3.61. The molecule has 0 aliphatic heterocycles. The average Bonchev–Trinajstić information content (AvgIpc) is 2.02. The van der Waals surface area contributed by atoms with E-state index < -0.39 is 0 Å². The van der Waals surface area contributed by atoms with E-state index in [1.165, 1.54) is 0 Å². The van der Waals surface area contributed by atoms with E-state index >= 15 is 0 Å². The molecule has 0 saturated carbocycles. The maximum absolute atomic E-state index is 8.79. The molecule has 76 valence electrons. The summed E-state index contributed by atoms with van der Waals surface area (Å²) in [6, 6.07) is 0. The zero-order valence-electron chi connectivity index (χ0n) is 9.17. The highest BCUT2D eigenvalue weighted by Gasteiger charge is 2.18. The number of rotatable bonds is 4. The summed E-state index contributed by atoms with van der Waals surface area (Å²) < 4.78 is 0. The van der Waals surface area contributed by atoms with Crippen molar-refractivity contribution in [3.05, 3.63) is 12.2 Å². The van der Waals surface area contributed by atoms with Gasteiger partial charge in [0.2, 0.25) is 0 Å². The lowest BCUT2D eigenvalue weighted by atomic mass is 9.87. The highest BCUT2D eigenvalue weighted by atomic mass is 16.4. The summed E-state index contributed by atoms with van der Waals surface area (Å²) in [5.74, 6) is 0. The van der Waals surface area contributed by atoms with Gasteiger partial charge in [-0.2, -0.15) is 0 Å². The van der Waals surface area contributed by atoms with E-state index in [2.05, 4.69) is 32.0 Å². The summed E-state index contributed by atoms with van der Waals surface area (Å²) in [6.45, 7) is 8.22. The summed E-state index contributed by atoms with van der Waals surface area (Å²) in [7, 11) is 0. The van der Waals surface area contributed by atoms with Crippen molar-refractivity contribution in [2.75, 3.05) is 0 Å². The lowest BCUT2D eigenvalue weighted by Crippen LogP contribution is -2.20. The molecule has 0 radical (unpaired) electrons. The number of unbranched alkanes of at least 4 members (excludes halogenated alkanes) is 1. The Morgan fingerprint density at radius 1 is 1.38 bits per heavy atom. The van der Waals surface area contributed by atoms with Crippen molar-refractivity contribution < 1.29 is 5.21 Å². The van der Waals surface area contributed by atoms with E-state index in [0.717, 1.165) is 25.0 Å². The number of hydrogen-bond acceptors (Lipinski definition) is 2. The van der Waals surface area contributed by atoms with Gasteiger partial charge in [-0.05, 0) is 26.2 Å². The Labute approximate surface area is 81.3 Å². The van der Waals surface area contributed by atoms with Gasteiger partial charge in [-0.15, -0.1) is 0 Å². The Bertz CT molecular complexity index is 187. The van der Waals surface area contributed by atoms with Gasteiger partial charge in [-0.3, -0.25) is 0 Å². The Balaban J connectivity index is 3.89. The summed E-state index contributed by atoms with van der Waals surface area (Å²) in [5.41, 5.74) is 0.877. The fraction of sp³-hybridized carbons (Fsp3) is 0.727. The van der Waals surface area contributed by atoms with Gasteiger partial charge in [0.15, 0.2) is 0 Å². The summed E-state index contributed by atoms with van der Waals surface area (Å²) in [5, 5.41) is 12.1.